The van der Waals surface area contributed by atoms with E-state index in [1.54, 1.807) is 23.3 Å². The number of hydrogen-bond donors (Lipinski definition) is 2. The van der Waals surface area contributed by atoms with Crippen LogP contribution in [0.3, 0.4) is 0 Å². The molecule has 0 aliphatic carbocycles. The fourth-order valence-electron chi connectivity index (χ4n) is 2.71. The van der Waals surface area contributed by atoms with Crippen molar-refractivity contribution in [3.8, 4) is 22.8 Å². The van der Waals surface area contributed by atoms with Crippen molar-refractivity contribution in [2.24, 2.45) is 5.73 Å². The fraction of sp³-hybridized carbons (Fsp3) is 0.150. The predicted molar refractivity (Wildman–Crippen MR) is 101 cm³/mol. The number of hydrogen-bond acceptors (Lipinski definition) is 5. The standard InChI is InChI=1S/C20H16F3N3O4/c1-29-16-8-11(6-7-25-16)10-30-13-4-2-12(3-5-13)14-9-15(18(24)27)19(28)26-17(14)20(21,22)23/h2-9H,10H2,1H3,(H2,24,27)(H,26,28). The molecule has 3 aromatic rings. The topological polar surface area (TPSA) is 107 Å². The van der Waals surface area contributed by atoms with Gasteiger partial charge in [0.05, 0.1) is 7.11 Å². The van der Waals surface area contributed by atoms with E-state index in [2.05, 4.69) is 4.98 Å². The number of halogens is 3. The van der Waals surface area contributed by atoms with E-state index in [0.717, 1.165) is 11.6 Å². The van der Waals surface area contributed by atoms with Gasteiger partial charge in [0.25, 0.3) is 11.5 Å². The Bertz CT molecular complexity index is 1130. The molecule has 156 valence electrons. The zero-order valence-electron chi connectivity index (χ0n) is 15.6. The number of H-pyrrole nitrogens is 1. The number of nitrogens with zero attached hydrogens (tertiary/aromatic N) is 1. The maximum absolute atomic E-state index is 13.4. The lowest BCUT2D eigenvalue weighted by Gasteiger charge is -2.14. The molecule has 1 aromatic carbocycles. The Labute approximate surface area is 168 Å². The molecular formula is C20H16F3N3O4. The van der Waals surface area contributed by atoms with Crippen LogP contribution in [0.2, 0.25) is 0 Å². The van der Waals surface area contributed by atoms with Gasteiger partial charge in [0.1, 0.15) is 23.6 Å². The van der Waals surface area contributed by atoms with Crippen molar-refractivity contribution in [3.05, 3.63) is 75.8 Å². The van der Waals surface area contributed by atoms with Crippen LogP contribution in [0.15, 0.2) is 53.5 Å². The fourth-order valence-corrected chi connectivity index (χ4v) is 2.71. The van der Waals surface area contributed by atoms with Crippen LogP contribution < -0.4 is 20.8 Å². The van der Waals surface area contributed by atoms with E-state index >= 15 is 0 Å². The Morgan fingerprint density at radius 3 is 2.47 bits per heavy atom. The highest BCUT2D eigenvalue weighted by atomic mass is 19.4. The Kier molecular flexibility index (Phi) is 5.77. The van der Waals surface area contributed by atoms with Crippen molar-refractivity contribution in [1.82, 2.24) is 9.97 Å². The molecule has 0 atom stereocenters. The van der Waals surface area contributed by atoms with Gasteiger partial charge in [0, 0.05) is 17.8 Å². The molecule has 0 aliphatic heterocycles. The highest BCUT2D eigenvalue weighted by molar-refractivity contribution is 5.94. The number of benzene rings is 1. The Hall–Kier alpha value is -3.82. The van der Waals surface area contributed by atoms with Gasteiger partial charge in [-0.3, -0.25) is 9.59 Å². The summed E-state index contributed by atoms with van der Waals surface area (Å²) in [5.41, 5.74) is 2.59. The summed E-state index contributed by atoms with van der Waals surface area (Å²) >= 11 is 0. The average molecular weight is 419 g/mol. The summed E-state index contributed by atoms with van der Waals surface area (Å²) in [5, 5.41) is 0. The van der Waals surface area contributed by atoms with Gasteiger partial charge in [-0.25, -0.2) is 4.98 Å². The first-order valence-electron chi connectivity index (χ1n) is 8.55. The first-order chi connectivity index (χ1) is 14.2. The highest BCUT2D eigenvalue weighted by Crippen LogP contribution is 2.35. The van der Waals surface area contributed by atoms with Gasteiger partial charge in [-0.2, -0.15) is 13.2 Å². The number of aromatic amines is 1. The van der Waals surface area contributed by atoms with E-state index in [0.29, 0.717) is 11.6 Å². The molecule has 3 rings (SSSR count). The van der Waals surface area contributed by atoms with Crippen molar-refractivity contribution >= 4 is 5.91 Å². The predicted octanol–water partition coefficient (Wildman–Crippen LogP) is 3.14. The smallest absolute Gasteiger partial charge is 0.431 e. The van der Waals surface area contributed by atoms with E-state index in [1.165, 1.54) is 31.4 Å². The van der Waals surface area contributed by atoms with E-state index in [-0.39, 0.29) is 17.7 Å². The molecule has 7 nitrogen and oxygen atoms in total. The van der Waals surface area contributed by atoms with Crippen molar-refractivity contribution in [1.29, 1.82) is 0 Å². The minimum atomic E-state index is -4.83. The normalized spacial score (nSPS) is 11.2. The molecule has 30 heavy (non-hydrogen) atoms. The SMILES string of the molecule is COc1cc(COc2ccc(-c3cc(C(N)=O)c(=O)[nH]c3C(F)(F)F)cc2)ccn1. The minimum absolute atomic E-state index is 0.124. The maximum atomic E-state index is 13.4. The summed E-state index contributed by atoms with van der Waals surface area (Å²) < 4.78 is 50.8. The van der Waals surface area contributed by atoms with E-state index in [4.69, 9.17) is 15.2 Å². The molecule has 0 spiro atoms. The van der Waals surface area contributed by atoms with Crippen LogP contribution >= 0.6 is 0 Å². The van der Waals surface area contributed by atoms with E-state index in [9.17, 15) is 22.8 Å². The summed E-state index contributed by atoms with van der Waals surface area (Å²) in [7, 11) is 1.49. The first kappa shape index (κ1) is 20.9. The summed E-state index contributed by atoms with van der Waals surface area (Å²) in [6.07, 6.45) is -3.27. The molecule has 0 unspecified atom stereocenters. The molecule has 2 aromatic heterocycles. The number of aromatic nitrogens is 2. The van der Waals surface area contributed by atoms with Crippen LogP contribution in [0.1, 0.15) is 21.6 Å². The number of alkyl halides is 3. The molecule has 0 radical (unpaired) electrons. The second-order valence-corrected chi connectivity index (χ2v) is 6.18. The van der Waals surface area contributed by atoms with Gasteiger partial charge in [0.15, 0.2) is 0 Å². The van der Waals surface area contributed by atoms with E-state index in [1.807, 2.05) is 0 Å². The maximum Gasteiger partial charge on any atom is 0.431 e. The lowest BCUT2D eigenvalue weighted by molar-refractivity contribution is -0.140. The molecular weight excluding hydrogens is 403 g/mol. The quantitative estimate of drug-likeness (QED) is 0.638. The average Bonchev–Trinajstić information content (AvgIpc) is 2.72. The van der Waals surface area contributed by atoms with Crippen LogP contribution in [0.25, 0.3) is 11.1 Å². The molecule has 1 amide bonds. The van der Waals surface area contributed by atoms with Gasteiger partial charge in [0.2, 0.25) is 5.88 Å². The van der Waals surface area contributed by atoms with Gasteiger partial charge < -0.3 is 20.2 Å². The number of nitrogens with two attached hydrogens (primary N) is 1. The number of pyridine rings is 2. The first-order valence-corrected chi connectivity index (χ1v) is 8.55. The second kappa shape index (κ2) is 8.27. The molecule has 0 saturated heterocycles. The Balaban J connectivity index is 1.89. The molecule has 10 heteroatoms. The molecule has 0 bridgehead atoms. The lowest BCUT2D eigenvalue weighted by atomic mass is 10.0. The number of nitrogens with one attached hydrogen (secondary N) is 1. The number of amides is 1. The number of ether oxygens (including phenoxy) is 2. The van der Waals surface area contributed by atoms with Crippen LogP contribution in [0.5, 0.6) is 11.6 Å². The third kappa shape index (κ3) is 4.59. The number of primary amides is 1. The van der Waals surface area contributed by atoms with Gasteiger partial charge in [-0.1, -0.05) is 12.1 Å². The van der Waals surface area contributed by atoms with Crippen LogP contribution in [-0.4, -0.2) is 23.0 Å². The number of rotatable bonds is 6. The van der Waals surface area contributed by atoms with Gasteiger partial charge in [-0.05, 0) is 35.4 Å². The molecule has 0 saturated carbocycles. The van der Waals surface area contributed by atoms with Crippen molar-refractivity contribution in [2.75, 3.05) is 7.11 Å². The van der Waals surface area contributed by atoms with Crippen LogP contribution in [0, 0.1) is 0 Å². The summed E-state index contributed by atoms with van der Waals surface area (Å²) in [4.78, 5) is 28.8. The summed E-state index contributed by atoms with van der Waals surface area (Å²) in [6, 6.07) is 9.98. The number of carbonyl (C=O) groups excluding carboxylic acids is 1. The molecule has 3 N–H and O–H groups in total. The van der Waals surface area contributed by atoms with Crippen molar-refractivity contribution in [2.45, 2.75) is 12.8 Å². The van der Waals surface area contributed by atoms with Gasteiger partial charge >= 0.3 is 6.18 Å². The minimum Gasteiger partial charge on any atom is -0.489 e. The molecule has 0 aliphatic rings. The lowest BCUT2D eigenvalue weighted by Crippen LogP contribution is -2.27. The van der Waals surface area contributed by atoms with Crippen LogP contribution in [-0.2, 0) is 12.8 Å². The van der Waals surface area contributed by atoms with Crippen molar-refractivity contribution < 1.29 is 27.4 Å². The monoisotopic (exact) mass is 419 g/mol. The third-order valence-corrected chi connectivity index (χ3v) is 4.17. The van der Waals surface area contributed by atoms with Crippen molar-refractivity contribution in [3.63, 3.8) is 0 Å². The highest BCUT2D eigenvalue weighted by Gasteiger charge is 2.36. The Morgan fingerprint density at radius 2 is 1.87 bits per heavy atom. The van der Waals surface area contributed by atoms with Gasteiger partial charge in [-0.15, -0.1) is 0 Å². The second-order valence-electron chi connectivity index (χ2n) is 6.18. The Morgan fingerprint density at radius 1 is 1.17 bits per heavy atom. The molecule has 0 fully saturated rings. The number of methoxy groups -OCH3 is 1. The van der Waals surface area contributed by atoms with E-state index < -0.39 is 28.9 Å². The third-order valence-electron chi connectivity index (χ3n) is 4.17. The zero-order chi connectivity index (χ0) is 21.9. The molecule has 2 heterocycles. The van der Waals surface area contributed by atoms with Crippen LogP contribution in [0.4, 0.5) is 13.2 Å². The summed E-state index contributed by atoms with van der Waals surface area (Å²) in [6.45, 7) is 0.191. The largest absolute Gasteiger partial charge is 0.489 e. The zero-order valence-corrected chi connectivity index (χ0v) is 15.6. The number of carbonyl (C=O) groups is 1. The summed E-state index contributed by atoms with van der Waals surface area (Å²) in [5.74, 6) is -0.295.